The Hall–Kier alpha value is -2.86. The van der Waals surface area contributed by atoms with Gasteiger partial charge in [0.05, 0.1) is 23.4 Å². The lowest BCUT2D eigenvalue weighted by atomic mass is 9.88. The number of nitrogens with zero attached hydrogens (tertiary/aromatic N) is 1. The average molecular weight is 385 g/mol. The van der Waals surface area contributed by atoms with Crippen LogP contribution in [0.1, 0.15) is 31.2 Å². The highest BCUT2D eigenvalue weighted by Gasteiger charge is 2.24. The molecule has 0 radical (unpaired) electrons. The summed E-state index contributed by atoms with van der Waals surface area (Å²) < 4.78 is 0. The number of carbonyl (C=O) groups is 2. The molecular weight excluding hydrogens is 364 g/mol. The molecule has 140 valence electrons. The zero-order valence-electron chi connectivity index (χ0n) is 15.1. The number of rotatable bonds is 5. The van der Waals surface area contributed by atoms with Crippen LogP contribution in [0, 0.1) is 5.92 Å². The van der Waals surface area contributed by atoms with Gasteiger partial charge in [0.2, 0.25) is 11.8 Å². The number of amides is 2. The van der Waals surface area contributed by atoms with Gasteiger partial charge in [-0.05, 0) is 35.7 Å². The van der Waals surface area contributed by atoms with Gasteiger partial charge < -0.3 is 4.98 Å². The second-order valence-corrected chi connectivity index (χ2v) is 7.12. The number of halogens is 1. The van der Waals surface area contributed by atoms with Gasteiger partial charge in [0.25, 0.3) is 0 Å². The second kappa shape index (κ2) is 8.22. The molecule has 3 rings (SSSR count). The summed E-state index contributed by atoms with van der Waals surface area (Å²) in [4.78, 5) is 32.2. The van der Waals surface area contributed by atoms with Gasteiger partial charge in [-0.2, -0.15) is 0 Å². The summed E-state index contributed by atoms with van der Waals surface area (Å²) in [6.07, 6.45) is 0.0439. The quantitative estimate of drug-likeness (QED) is 0.589. The zero-order chi connectivity index (χ0) is 19.4. The number of fused-ring (bicyclic) bond motifs is 1. The maximum Gasteiger partial charge on any atom is 0.246 e. The maximum atomic E-state index is 12.6. The van der Waals surface area contributed by atoms with Gasteiger partial charge in [-0.25, -0.2) is 4.98 Å². The third kappa shape index (κ3) is 4.65. The van der Waals surface area contributed by atoms with Crippen LogP contribution in [-0.2, 0) is 16.0 Å². The molecule has 7 heteroatoms. The van der Waals surface area contributed by atoms with Crippen LogP contribution in [0.3, 0.4) is 0 Å². The topological polar surface area (TPSA) is 86.9 Å². The first-order valence-corrected chi connectivity index (χ1v) is 9.09. The van der Waals surface area contributed by atoms with Crippen LogP contribution in [0.25, 0.3) is 11.0 Å². The number of hydrogen-bond donors (Lipinski definition) is 3. The van der Waals surface area contributed by atoms with E-state index in [1.807, 2.05) is 50.2 Å². The molecule has 0 aliphatic carbocycles. The predicted molar refractivity (Wildman–Crippen MR) is 105 cm³/mol. The number of hydrazine groups is 1. The second-order valence-electron chi connectivity index (χ2n) is 6.69. The van der Waals surface area contributed by atoms with E-state index in [-0.39, 0.29) is 24.2 Å². The molecule has 0 saturated heterocycles. The number of nitrogens with one attached hydrogen (secondary N) is 3. The number of aromatic nitrogens is 2. The highest BCUT2D eigenvalue weighted by atomic mass is 35.5. The Morgan fingerprint density at radius 2 is 1.78 bits per heavy atom. The predicted octanol–water partition coefficient (Wildman–Crippen LogP) is 3.35. The van der Waals surface area contributed by atoms with Gasteiger partial charge in [-0.3, -0.25) is 20.4 Å². The summed E-state index contributed by atoms with van der Waals surface area (Å²) in [6.45, 7) is 3.91. The van der Waals surface area contributed by atoms with Gasteiger partial charge in [0, 0.05) is 5.02 Å². The first-order chi connectivity index (χ1) is 12.9. The van der Waals surface area contributed by atoms with Crippen molar-refractivity contribution < 1.29 is 9.59 Å². The number of hydrogen-bond acceptors (Lipinski definition) is 3. The fraction of sp³-hybridized carbons (Fsp3) is 0.250. The Morgan fingerprint density at radius 3 is 2.44 bits per heavy atom. The molecular formula is C20H21ClN4O2. The number of imidazole rings is 1. The molecule has 3 aromatic rings. The van der Waals surface area contributed by atoms with Crippen LogP contribution >= 0.6 is 11.6 Å². The van der Waals surface area contributed by atoms with Crippen molar-refractivity contribution in [1.82, 2.24) is 20.8 Å². The molecule has 1 atom stereocenters. The molecule has 6 nitrogen and oxygen atoms in total. The summed E-state index contributed by atoms with van der Waals surface area (Å²) in [5.74, 6) is -0.417. The van der Waals surface area contributed by atoms with Crippen LogP contribution in [0.15, 0.2) is 48.5 Å². The van der Waals surface area contributed by atoms with Crippen molar-refractivity contribution >= 4 is 34.4 Å². The lowest BCUT2D eigenvalue weighted by molar-refractivity contribution is -0.130. The van der Waals surface area contributed by atoms with E-state index >= 15 is 0 Å². The number of benzene rings is 2. The molecule has 1 aromatic heterocycles. The van der Waals surface area contributed by atoms with Crippen molar-refractivity contribution in [3.63, 3.8) is 0 Å². The smallest absolute Gasteiger partial charge is 0.246 e. The zero-order valence-corrected chi connectivity index (χ0v) is 15.9. The van der Waals surface area contributed by atoms with Crippen LogP contribution in [0.5, 0.6) is 0 Å². The van der Waals surface area contributed by atoms with Gasteiger partial charge in [-0.15, -0.1) is 0 Å². The average Bonchev–Trinajstić information content (AvgIpc) is 3.03. The number of H-pyrrole nitrogens is 1. The lowest BCUT2D eigenvalue weighted by Gasteiger charge is -2.21. The Morgan fingerprint density at radius 1 is 1.07 bits per heavy atom. The molecule has 0 bridgehead atoms. The minimum Gasteiger partial charge on any atom is -0.342 e. The van der Waals surface area contributed by atoms with Crippen molar-refractivity contribution in [2.75, 3.05) is 0 Å². The highest BCUT2D eigenvalue weighted by molar-refractivity contribution is 6.30. The molecule has 2 amide bonds. The van der Waals surface area contributed by atoms with E-state index in [0.29, 0.717) is 10.8 Å². The Kier molecular flexibility index (Phi) is 5.76. The fourth-order valence-electron chi connectivity index (χ4n) is 3.00. The minimum absolute atomic E-state index is 0.0439. The SMILES string of the molecule is CC(C)C(C(=O)NNC(=O)Cc1nc2ccccc2[nH]1)c1ccc(Cl)cc1. The van der Waals surface area contributed by atoms with Crippen molar-refractivity contribution in [1.29, 1.82) is 0 Å². The van der Waals surface area contributed by atoms with Gasteiger partial charge in [0.15, 0.2) is 0 Å². The van der Waals surface area contributed by atoms with Gasteiger partial charge >= 0.3 is 0 Å². The van der Waals surface area contributed by atoms with Crippen molar-refractivity contribution in [2.24, 2.45) is 5.92 Å². The van der Waals surface area contributed by atoms with E-state index in [0.717, 1.165) is 16.6 Å². The van der Waals surface area contributed by atoms with E-state index in [2.05, 4.69) is 20.8 Å². The van der Waals surface area contributed by atoms with E-state index < -0.39 is 5.92 Å². The first kappa shape index (κ1) is 18.9. The Balaban J connectivity index is 1.60. The molecule has 0 fully saturated rings. The molecule has 2 aromatic carbocycles. The monoisotopic (exact) mass is 384 g/mol. The molecule has 0 spiro atoms. The third-order valence-corrected chi connectivity index (χ3v) is 4.52. The summed E-state index contributed by atoms with van der Waals surface area (Å²) in [7, 11) is 0. The van der Waals surface area contributed by atoms with Crippen LogP contribution in [0.4, 0.5) is 0 Å². The number of para-hydroxylation sites is 2. The Labute approximate surface area is 162 Å². The highest BCUT2D eigenvalue weighted by Crippen LogP contribution is 2.25. The fourth-order valence-corrected chi connectivity index (χ4v) is 3.13. The van der Waals surface area contributed by atoms with Crippen LogP contribution < -0.4 is 10.9 Å². The van der Waals surface area contributed by atoms with Crippen LogP contribution in [-0.4, -0.2) is 21.8 Å². The Bertz CT molecular complexity index is 917. The van der Waals surface area contributed by atoms with Crippen molar-refractivity contribution in [2.45, 2.75) is 26.2 Å². The molecule has 0 saturated carbocycles. The summed E-state index contributed by atoms with van der Waals surface area (Å²) >= 11 is 5.92. The maximum absolute atomic E-state index is 12.6. The molecule has 27 heavy (non-hydrogen) atoms. The third-order valence-electron chi connectivity index (χ3n) is 4.27. The first-order valence-electron chi connectivity index (χ1n) is 8.72. The molecule has 3 N–H and O–H groups in total. The molecule has 0 aliphatic rings. The normalized spacial score (nSPS) is 12.1. The molecule has 0 aliphatic heterocycles. The minimum atomic E-state index is -0.395. The summed E-state index contributed by atoms with van der Waals surface area (Å²) in [5.41, 5.74) is 7.50. The van der Waals surface area contributed by atoms with Gasteiger partial charge in [0.1, 0.15) is 5.82 Å². The molecule has 1 heterocycles. The lowest BCUT2D eigenvalue weighted by Crippen LogP contribution is -2.45. The summed E-state index contributed by atoms with van der Waals surface area (Å²) in [5, 5.41) is 0.612. The van der Waals surface area contributed by atoms with E-state index in [1.165, 1.54) is 0 Å². The molecule has 1 unspecified atom stereocenters. The van der Waals surface area contributed by atoms with Crippen molar-refractivity contribution in [3.05, 3.63) is 64.9 Å². The van der Waals surface area contributed by atoms with Crippen molar-refractivity contribution in [3.8, 4) is 0 Å². The van der Waals surface area contributed by atoms with E-state index in [1.54, 1.807) is 12.1 Å². The van der Waals surface area contributed by atoms with Crippen LogP contribution in [0.2, 0.25) is 5.02 Å². The largest absolute Gasteiger partial charge is 0.342 e. The summed E-state index contributed by atoms with van der Waals surface area (Å²) in [6, 6.07) is 14.7. The number of aromatic amines is 1. The van der Waals surface area contributed by atoms with E-state index in [9.17, 15) is 9.59 Å². The standard InChI is InChI=1S/C20H21ClN4O2/c1-12(2)19(13-7-9-14(21)10-8-13)20(27)25-24-18(26)11-17-22-15-5-3-4-6-16(15)23-17/h3-10,12,19H,11H2,1-2H3,(H,22,23)(H,24,26)(H,25,27). The van der Waals surface area contributed by atoms with Gasteiger partial charge in [-0.1, -0.05) is 49.7 Å². The number of carbonyl (C=O) groups excluding carboxylic acids is 2. The van der Waals surface area contributed by atoms with E-state index in [4.69, 9.17) is 11.6 Å².